The van der Waals surface area contributed by atoms with Crippen molar-refractivity contribution in [3.8, 4) is 0 Å². The molecule has 1 heterocycles. The minimum absolute atomic E-state index is 0.140. The third-order valence-corrected chi connectivity index (χ3v) is 4.67. The Hall–Kier alpha value is -2.63. The highest BCUT2D eigenvalue weighted by atomic mass is 35.5. The second-order valence-electron chi connectivity index (χ2n) is 6.34. The van der Waals surface area contributed by atoms with E-state index in [9.17, 15) is 9.59 Å². The van der Waals surface area contributed by atoms with E-state index in [1.54, 1.807) is 24.3 Å². The molecule has 1 aliphatic rings. The molecule has 0 aliphatic carbocycles. The molecule has 0 bridgehead atoms. The molecule has 2 amide bonds. The average molecular weight is 385 g/mol. The molecule has 1 fully saturated rings. The molecule has 0 radical (unpaired) electrons. The molecule has 0 spiro atoms. The molecule has 2 aromatic rings. The molecule has 0 aromatic heterocycles. The minimum atomic E-state index is -0.323. The second kappa shape index (κ2) is 8.84. The molecule has 2 aromatic carbocycles. The van der Waals surface area contributed by atoms with Crippen molar-refractivity contribution >= 4 is 29.1 Å². The molecule has 27 heavy (non-hydrogen) atoms. The quantitative estimate of drug-likeness (QED) is 0.762. The second-order valence-corrected chi connectivity index (χ2v) is 6.78. The molecular weight excluding hydrogens is 364 g/mol. The Morgan fingerprint density at radius 2 is 1.96 bits per heavy atom. The van der Waals surface area contributed by atoms with Gasteiger partial charge < -0.3 is 15.4 Å². The lowest BCUT2D eigenvalue weighted by Gasteiger charge is -2.32. The largest absolute Gasteiger partial charge is 0.371 e. The highest BCUT2D eigenvalue weighted by Crippen LogP contribution is 2.29. The number of ether oxygens (including phenoxy) is 1. The van der Waals surface area contributed by atoms with Crippen LogP contribution in [0.4, 0.5) is 5.69 Å². The lowest BCUT2D eigenvalue weighted by molar-refractivity contribution is -0.111. The maximum atomic E-state index is 12.7. The van der Waals surface area contributed by atoms with Crippen molar-refractivity contribution in [1.29, 1.82) is 0 Å². The van der Waals surface area contributed by atoms with Gasteiger partial charge in [0.05, 0.1) is 6.04 Å². The number of benzene rings is 2. The minimum Gasteiger partial charge on any atom is -0.371 e. The molecule has 0 unspecified atom stereocenters. The van der Waals surface area contributed by atoms with Crippen molar-refractivity contribution in [1.82, 2.24) is 5.32 Å². The molecule has 5 nitrogen and oxygen atoms in total. The van der Waals surface area contributed by atoms with Gasteiger partial charge >= 0.3 is 0 Å². The fraction of sp³-hybridized carbons (Fsp3) is 0.238. The number of rotatable bonds is 5. The lowest BCUT2D eigenvalue weighted by Crippen LogP contribution is -2.42. The van der Waals surface area contributed by atoms with Gasteiger partial charge in [0.1, 0.15) is 6.10 Å². The van der Waals surface area contributed by atoms with Crippen LogP contribution in [0.3, 0.4) is 0 Å². The van der Waals surface area contributed by atoms with Crippen LogP contribution in [0.5, 0.6) is 0 Å². The van der Waals surface area contributed by atoms with Crippen LogP contribution >= 0.6 is 11.6 Å². The van der Waals surface area contributed by atoms with Crippen LogP contribution in [0.1, 0.15) is 34.9 Å². The molecule has 6 heteroatoms. The summed E-state index contributed by atoms with van der Waals surface area (Å²) in [4.78, 5) is 24.2. The van der Waals surface area contributed by atoms with Gasteiger partial charge in [0, 0.05) is 22.9 Å². The summed E-state index contributed by atoms with van der Waals surface area (Å²) >= 11 is 5.97. The van der Waals surface area contributed by atoms with Gasteiger partial charge in [0.25, 0.3) is 5.91 Å². The zero-order valence-electron chi connectivity index (χ0n) is 14.8. The van der Waals surface area contributed by atoms with E-state index in [1.165, 1.54) is 6.08 Å². The number of carbonyl (C=O) groups is 2. The van der Waals surface area contributed by atoms with E-state index in [4.69, 9.17) is 16.3 Å². The zero-order valence-corrected chi connectivity index (χ0v) is 15.5. The first-order valence-electron chi connectivity index (χ1n) is 8.78. The number of anilines is 1. The summed E-state index contributed by atoms with van der Waals surface area (Å²) in [7, 11) is 0. The van der Waals surface area contributed by atoms with Crippen LogP contribution in [0.2, 0.25) is 5.02 Å². The molecule has 1 saturated heterocycles. The van der Waals surface area contributed by atoms with Gasteiger partial charge in [0.15, 0.2) is 0 Å². The van der Waals surface area contributed by atoms with Crippen LogP contribution in [0.15, 0.2) is 61.2 Å². The Labute approximate surface area is 163 Å². The SMILES string of the molecule is C=CC(=O)Nc1cccc(C(=O)N[C@@H]2CCCO[C@H]2c2ccc(Cl)cc2)c1. The van der Waals surface area contributed by atoms with Crippen LogP contribution < -0.4 is 10.6 Å². The third kappa shape index (κ3) is 4.96. The third-order valence-electron chi connectivity index (χ3n) is 4.42. The summed E-state index contributed by atoms with van der Waals surface area (Å²) in [5.74, 6) is -0.532. The standard InChI is InChI=1S/C21H21ClN2O3/c1-2-19(25)23-17-6-3-5-15(13-17)21(26)24-18-7-4-12-27-20(18)14-8-10-16(22)11-9-14/h2-3,5-6,8-11,13,18,20H,1,4,7,12H2,(H,23,25)(H,24,26)/t18-,20+/m1/s1. The van der Waals surface area contributed by atoms with E-state index in [-0.39, 0.29) is 24.0 Å². The van der Waals surface area contributed by atoms with Gasteiger partial charge in [-0.3, -0.25) is 9.59 Å². The van der Waals surface area contributed by atoms with Crippen molar-refractivity contribution in [2.45, 2.75) is 25.0 Å². The highest BCUT2D eigenvalue weighted by Gasteiger charge is 2.29. The first-order chi connectivity index (χ1) is 13.1. The Bertz CT molecular complexity index is 836. The van der Waals surface area contributed by atoms with E-state index in [2.05, 4.69) is 17.2 Å². The Balaban J connectivity index is 1.73. The van der Waals surface area contributed by atoms with Crippen LogP contribution in [-0.4, -0.2) is 24.5 Å². The summed E-state index contributed by atoms with van der Waals surface area (Å²) in [6.07, 6.45) is 2.67. The van der Waals surface area contributed by atoms with Crippen molar-refractivity contribution < 1.29 is 14.3 Å². The fourth-order valence-electron chi connectivity index (χ4n) is 3.09. The van der Waals surface area contributed by atoms with Crippen LogP contribution in [0, 0.1) is 0 Å². The molecule has 140 valence electrons. The van der Waals surface area contributed by atoms with Gasteiger partial charge in [0.2, 0.25) is 5.91 Å². The number of nitrogens with one attached hydrogen (secondary N) is 2. The normalized spacial score (nSPS) is 19.1. The van der Waals surface area contributed by atoms with E-state index >= 15 is 0 Å². The smallest absolute Gasteiger partial charge is 0.251 e. The number of amides is 2. The molecule has 3 rings (SSSR count). The van der Waals surface area contributed by atoms with E-state index in [0.717, 1.165) is 18.4 Å². The predicted molar refractivity (Wildman–Crippen MR) is 106 cm³/mol. The molecular formula is C21H21ClN2O3. The first-order valence-corrected chi connectivity index (χ1v) is 9.16. The fourth-order valence-corrected chi connectivity index (χ4v) is 3.22. The Kier molecular flexibility index (Phi) is 6.27. The van der Waals surface area contributed by atoms with Gasteiger partial charge in [-0.2, -0.15) is 0 Å². The van der Waals surface area contributed by atoms with E-state index in [0.29, 0.717) is 22.9 Å². The van der Waals surface area contributed by atoms with Gasteiger partial charge in [-0.25, -0.2) is 0 Å². The van der Waals surface area contributed by atoms with E-state index in [1.807, 2.05) is 24.3 Å². The van der Waals surface area contributed by atoms with Crippen molar-refractivity contribution in [2.24, 2.45) is 0 Å². The Morgan fingerprint density at radius 3 is 2.70 bits per heavy atom. The topological polar surface area (TPSA) is 67.4 Å². The number of halogens is 1. The predicted octanol–water partition coefficient (Wildman–Crippen LogP) is 4.11. The summed E-state index contributed by atoms with van der Waals surface area (Å²) in [5.41, 5.74) is 2.00. The monoisotopic (exact) mass is 384 g/mol. The van der Waals surface area contributed by atoms with Gasteiger partial charge in [-0.15, -0.1) is 0 Å². The van der Waals surface area contributed by atoms with E-state index < -0.39 is 0 Å². The summed E-state index contributed by atoms with van der Waals surface area (Å²) in [6, 6.07) is 14.1. The van der Waals surface area contributed by atoms with Gasteiger partial charge in [-0.1, -0.05) is 36.4 Å². The van der Waals surface area contributed by atoms with Crippen LogP contribution in [0.25, 0.3) is 0 Å². The van der Waals surface area contributed by atoms with Crippen molar-refractivity contribution in [3.05, 3.63) is 77.3 Å². The highest BCUT2D eigenvalue weighted by molar-refractivity contribution is 6.30. The molecule has 2 N–H and O–H groups in total. The van der Waals surface area contributed by atoms with Crippen molar-refractivity contribution in [2.75, 3.05) is 11.9 Å². The van der Waals surface area contributed by atoms with Gasteiger partial charge in [-0.05, 0) is 54.8 Å². The maximum Gasteiger partial charge on any atom is 0.251 e. The number of hydrogen-bond donors (Lipinski definition) is 2. The lowest BCUT2D eigenvalue weighted by atomic mass is 9.95. The number of hydrogen-bond acceptors (Lipinski definition) is 3. The van der Waals surface area contributed by atoms with Crippen LogP contribution in [-0.2, 0) is 9.53 Å². The van der Waals surface area contributed by atoms with Crippen molar-refractivity contribution in [3.63, 3.8) is 0 Å². The Morgan fingerprint density at radius 1 is 1.19 bits per heavy atom. The zero-order chi connectivity index (χ0) is 19.2. The molecule has 0 saturated carbocycles. The first kappa shape index (κ1) is 19.1. The number of carbonyl (C=O) groups excluding carboxylic acids is 2. The maximum absolute atomic E-state index is 12.7. The summed E-state index contributed by atoms with van der Waals surface area (Å²) < 4.78 is 5.92. The summed E-state index contributed by atoms with van der Waals surface area (Å²) in [5, 5.41) is 6.38. The molecule has 1 aliphatic heterocycles. The average Bonchev–Trinajstić information content (AvgIpc) is 2.69. The summed E-state index contributed by atoms with van der Waals surface area (Å²) in [6.45, 7) is 4.08. The molecule has 2 atom stereocenters.